The second kappa shape index (κ2) is 5.17. The Balaban J connectivity index is 2.12. The number of benzene rings is 2. The highest BCUT2D eigenvalue weighted by Gasteiger charge is 2.03. The lowest BCUT2D eigenvalue weighted by Gasteiger charge is -2.06. The molecule has 20 heavy (non-hydrogen) atoms. The summed E-state index contributed by atoms with van der Waals surface area (Å²) in [6.07, 6.45) is 0. The van der Waals surface area contributed by atoms with Gasteiger partial charge in [0.15, 0.2) is 0 Å². The van der Waals surface area contributed by atoms with Gasteiger partial charge in [0.05, 0.1) is 0 Å². The molecule has 0 saturated heterocycles. The third kappa shape index (κ3) is 2.54. The van der Waals surface area contributed by atoms with E-state index in [-0.39, 0.29) is 5.56 Å². The SMILES string of the molecule is Cc1ccc(-c2cc(-c3ccccc3)[nH]c(=O)c2)cc1. The Morgan fingerprint density at radius 3 is 2.15 bits per heavy atom. The normalized spacial score (nSPS) is 10.4. The van der Waals surface area contributed by atoms with Crippen LogP contribution >= 0.6 is 0 Å². The number of hydrogen-bond donors (Lipinski definition) is 1. The predicted molar refractivity (Wildman–Crippen MR) is 82.7 cm³/mol. The molecule has 0 saturated carbocycles. The summed E-state index contributed by atoms with van der Waals surface area (Å²) in [5.74, 6) is 0. The minimum atomic E-state index is -0.0815. The van der Waals surface area contributed by atoms with Crippen LogP contribution < -0.4 is 5.56 Å². The Hall–Kier alpha value is -2.61. The van der Waals surface area contributed by atoms with Crippen molar-refractivity contribution in [1.82, 2.24) is 4.98 Å². The molecule has 0 fully saturated rings. The zero-order valence-electron chi connectivity index (χ0n) is 11.3. The second-order valence-electron chi connectivity index (χ2n) is 4.88. The number of hydrogen-bond acceptors (Lipinski definition) is 1. The van der Waals surface area contributed by atoms with Crippen LogP contribution in [0.3, 0.4) is 0 Å². The van der Waals surface area contributed by atoms with E-state index in [9.17, 15) is 4.79 Å². The van der Waals surface area contributed by atoms with Gasteiger partial charge in [-0.15, -0.1) is 0 Å². The molecule has 3 rings (SSSR count). The summed E-state index contributed by atoms with van der Waals surface area (Å²) in [6, 6.07) is 21.7. The zero-order valence-corrected chi connectivity index (χ0v) is 11.3. The van der Waals surface area contributed by atoms with Gasteiger partial charge < -0.3 is 4.98 Å². The summed E-state index contributed by atoms with van der Waals surface area (Å²) < 4.78 is 0. The lowest BCUT2D eigenvalue weighted by Crippen LogP contribution is -2.05. The van der Waals surface area contributed by atoms with Crippen LogP contribution in [0.25, 0.3) is 22.4 Å². The molecule has 2 heteroatoms. The lowest BCUT2D eigenvalue weighted by atomic mass is 10.0. The van der Waals surface area contributed by atoms with Gasteiger partial charge in [-0.25, -0.2) is 0 Å². The molecule has 0 unspecified atom stereocenters. The van der Waals surface area contributed by atoms with Crippen molar-refractivity contribution in [3.8, 4) is 22.4 Å². The average molecular weight is 261 g/mol. The minimum Gasteiger partial charge on any atom is -0.322 e. The molecule has 0 bridgehead atoms. The van der Waals surface area contributed by atoms with Crippen LogP contribution in [-0.2, 0) is 0 Å². The van der Waals surface area contributed by atoms with Crippen molar-refractivity contribution >= 4 is 0 Å². The van der Waals surface area contributed by atoms with E-state index in [1.165, 1.54) is 5.56 Å². The van der Waals surface area contributed by atoms with Gasteiger partial charge in [-0.3, -0.25) is 4.79 Å². The van der Waals surface area contributed by atoms with Gasteiger partial charge in [-0.1, -0.05) is 60.2 Å². The zero-order chi connectivity index (χ0) is 13.9. The summed E-state index contributed by atoms with van der Waals surface area (Å²) in [6.45, 7) is 2.05. The van der Waals surface area contributed by atoms with Crippen LogP contribution in [0.2, 0.25) is 0 Å². The van der Waals surface area contributed by atoms with E-state index in [1.54, 1.807) is 6.07 Å². The number of H-pyrrole nitrogens is 1. The number of pyridine rings is 1. The molecule has 2 aromatic carbocycles. The van der Waals surface area contributed by atoms with Crippen molar-refractivity contribution in [2.75, 3.05) is 0 Å². The highest BCUT2D eigenvalue weighted by atomic mass is 16.1. The van der Waals surface area contributed by atoms with Crippen LogP contribution in [0, 0.1) is 6.92 Å². The molecule has 1 N–H and O–H groups in total. The summed E-state index contributed by atoms with van der Waals surface area (Å²) in [7, 11) is 0. The van der Waals surface area contributed by atoms with Crippen molar-refractivity contribution < 1.29 is 0 Å². The summed E-state index contributed by atoms with van der Waals surface area (Å²) in [5, 5.41) is 0. The summed E-state index contributed by atoms with van der Waals surface area (Å²) >= 11 is 0. The Morgan fingerprint density at radius 1 is 0.750 bits per heavy atom. The maximum Gasteiger partial charge on any atom is 0.249 e. The summed E-state index contributed by atoms with van der Waals surface area (Å²) in [4.78, 5) is 14.8. The Bertz CT molecular complexity index is 771. The van der Waals surface area contributed by atoms with Crippen molar-refractivity contribution in [3.63, 3.8) is 0 Å². The van der Waals surface area contributed by atoms with Gasteiger partial charge in [-0.2, -0.15) is 0 Å². The van der Waals surface area contributed by atoms with Gasteiger partial charge in [0, 0.05) is 11.8 Å². The molecule has 0 radical (unpaired) electrons. The molecule has 0 aliphatic heterocycles. The number of aryl methyl sites for hydroxylation is 1. The van der Waals surface area contributed by atoms with Crippen LogP contribution in [-0.4, -0.2) is 4.98 Å². The topological polar surface area (TPSA) is 32.9 Å². The van der Waals surface area contributed by atoms with E-state index in [0.29, 0.717) is 0 Å². The maximum atomic E-state index is 11.9. The van der Waals surface area contributed by atoms with Crippen molar-refractivity contribution in [1.29, 1.82) is 0 Å². The van der Waals surface area contributed by atoms with Gasteiger partial charge in [0.2, 0.25) is 5.56 Å². The van der Waals surface area contributed by atoms with Gasteiger partial charge in [0.25, 0.3) is 0 Å². The molecule has 0 aliphatic rings. The van der Waals surface area contributed by atoms with Gasteiger partial charge >= 0.3 is 0 Å². The van der Waals surface area contributed by atoms with E-state index in [1.807, 2.05) is 48.5 Å². The summed E-state index contributed by atoms with van der Waals surface area (Å²) in [5.41, 5.74) is 4.97. The molecule has 98 valence electrons. The largest absolute Gasteiger partial charge is 0.322 e. The van der Waals surface area contributed by atoms with Gasteiger partial charge in [-0.05, 0) is 29.7 Å². The third-order valence-electron chi connectivity index (χ3n) is 3.31. The quantitative estimate of drug-likeness (QED) is 0.742. The van der Waals surface area contributed by atoms with Crippen LogP contribution in [0.4, 0.5) is 0 Å². The van der Waals surface area contributed by atoms with E-state index >= 15 is 0 Å². The Labute approximate surface area is 117 Å². The number of nitrogens with one attached hydrogen (secondary N) is 1. The fourth-order valence-corrected chi connectivity index (χ4v) is 2.23. The third-order valence-corrected chi connectivity index (χ3v) is 3.31. The lowest BCUT2D eigenvalue weighted by molar-refractivity contribution is 1.24. The number of aromatic amines is 1. The molecule has 2 nitrogen and oxygen atoms in total. The van der Waals surface area contributed by atoms with Crippen molar-refractivity contribution in [2.45, 2.75) is 6.92 Å². The monoisotopic (exact) mass is 261 g/mol. The highest BCUT2D eigenvalue weighted by molar-refractivity contribution is 5.70. The first-order valence-electron chi connectivity index (χ1n) is 6.59. The van der Waals surface area contributed by atoms with E-state index < -0.39 is 0 Å². The van der Waals surface area contributed by atoms with Gasteiger partial charge in [0.1, 0.15) is 0 Å². The molecule has 1 heterocycles. The first-order chi connectivity index (χ1) is 9.72. The van der Waals surface area contributed by atoms with Crippen LogP contribution in [0.5, 0.6) is 0 Å². The van der Waals surface area contributed by atoms with Crippen LogP contribution in [0.1, 0.15) is 5.56 Å². The van der Waals surface area contributed by atoms with E-state index in [2.05, 4.69) is 24.0 Å². The smallest absolute Gasteiger partial charge is 0.249 e. The molecule has 1 aromatic heterocycles. The number of aromatic nitrogens is 1. The first kappa shape index (κ1) is 12.4. The van der Waals surface area contributed by atoms with Crippen LogP contribution in [0.15, 0.2) is 71.5 Å². The molecular formula is C18H15NO. The predicted octanol–water partition coefficient (Wildman–Crippen LogP) is 4.02. The van der Waals surface area contributed by atoms with E-state index in [4.69, 9.17) is 0 Å². The van der Waals surface area contributed by atoms with Crippen molar-refractivity contribution in [2.24, 2.45) is 0 Å². The molecule has 0 spiro atoms. The molecule has 0 amide bonds. The molecule has 0 aliphatic carbocycles. The van der Waals surface area contributed by atoms with Crippen molar-refractivity contribution in [3.05, 3.63) is 82.6 Å². The first-order valence-corrected chi connectivity index (χ1v) is 6.59. The number of rotatable bonds is 2. The average Bonchev–Trinajstić information content (AvgIpc) is 2.48. The molecule has 0 atom stereocenters. The second-order valence-corrected chi connectivity index (χ2v) is 4.88. The fraction of sp³-hybridized carbons (Fsp3) is 0.0556. The standard InChI is InChI=1S/C18H15NO/c1-13-7-9-14(10-8-13)16-11-17(19-18(20)12-16)15-5-3-2-4-6-15/h2-12H,1H3,(H,19,20). The fourth-order valence-electron chi connectivity index (χ4n) is 2.23. The highest BCUT2D eigenvalue weighted by Crippen LogP contribution is 2.23. The van der Waals surface area contributed by atoms with E-state index in [0.717, 1.165) is 22.4 Å². The Kier molecular flexibility index (Phi) is 3.21. The Morgan fingerprint density at radius 2 is 1.45 bits per heavy atom. The molecule has 3 aromatic rings. The maximum absolute atomic E-state index is 11.9. The molecular weight excluding hydrogens is 246 g/mol. The minimum absolute atomic E-state index is 0.0815.